The standard InChI is InChI=1S/C14H19N3O2/c1-10-3-4-13(19-2)12(9-10)17-14(18)16-11-5-7-15-8-6-11/h3-4,9,15H,5-8H2,1-2H3,(H,17,18). The number of methoxy groups -OCH3 is 1. The Balaban J connectivity index is 2.07. The minimum Gasteiger partial charge on any atom is -0.495 e. The summed E-state index contributed by atoms with van der Waals surface area (Å²) in [5.74, 6) is 0.643. The van der Waals surface area contributed by atoms with Gasteiger partial charge < -0.3 is 15.4 Å². The Morgan fingerprint density at radius 2 is 2.11 bits per heavy atom. The molecule has 0 aliphatic carbocycles. The lowest BCUT2D eigenvalue weighted by molar-refractivity contribution is 0.259. The summed E-state index contributed by atoms with van der Waals surface area (Å²) in [5, 5.41) is 6.01. The van der Waals surface area contributed by atoms with E-state index in [1.54, 1.807) is 7.11 Å². The second-order valence-electron chi connectivity index (χ2n) is 4.56. The number of rotatable bonds is 2. The van der Waals surface area contributed by atoms with Gasteiger partial charge in [0.15, 0.2) is 0 Å². The average Bonchev–Trinajstić information content (AvgIpc) is 2.40. The maximum absolute atomic E-state index is 11.9. The van der Waals surface area contributed by atoms with Gasteiger partial charge in [-0.3, -0.25) is 0 Å². The first-order chi connectivity index (χ1) is 9.19. The van der Waals surface area contributed by atoms with E-state index >= 15 is 0 Å². The fourth-order valence-electron chi connectivity index (χ4n) is 2.03. The molecule has 1 heterocycles. The van der Waals surface area contributed by atoms with Crippen LogP contribution in [0, 0.1) is 6.92 Å². The number of piperidine rings is 1. The van der Waals surface area contributed by atoms with Crippen molar-refractivity contribution < 1.29 is 9.53 Å². The third kappa shape index (κ3) is 3.79. The number of nitrogens with zero attached hydrogens (tertiary/aromatic N) is 1. The Morgan fingerprint density at radius 3 is 2.79 bits per heavy atom. The van der Waals surface area contributed by atoms with Gasteiger partial charge in [0.1, 0.15) is 5.75 Å². The van der Waals surface area contributed by atoms with Crippen molar-refractivity contribution in [2.45, 2.75) is 19.8 Å². The van der Waals surface area contributed by atoms with E-state index in [0.29, 0.717) is 11.4 Å². The van der Waals surface area contributed by atoms with E-state index < -0.39 is 0 Å². The summed E-state index contributed by atoms with van der Waals surface area (Å²) >= 11 is 0. The highest BCUT2D eigenvalue weighted by Crippen LogP contribution is 2.25. The molecule has 5 heteroatoms. The van der Waals surface area contributed by atoms with Gasteiger partial charge in [0.2, 0.25) is 0 Å². The van der Waals surface area contributed by atoms with Gasteiger partial charge in [0.25, 0.3) is 0 Å². The normalized spacial score (nSPS) is 14.9. The van der Waals surface area contributed by atoms with Crippen molar-refractivity contribution in [1.29, 1.82) is 0 Å². The van der Waals surface area contributed by atoms with Crippen molar-refractivity contribution in [3.05, 3.63) is 23.8 Å². The molecule has 102 valence electrons. The molecule has 1 fully saturated rings. The van der Waals surface area contributed by atoms with Gasteiger partial charge >= 0.3 is 6.03 Å². The molecule has 5 nitrogen and oxygen atoms in total. The van der Waals surface area contributed by atoms with Crippen molar-refractivity contribution in [3.63, 3.8) is 0 Å². The van der Waals surface area contributed by atoms with Gasteiger partial charge in [-0.25, -0.2) is 9.79 Å². The summed E-state index contributed by atoms with van der Waals surface area (Å²) in [5.41, 5.74) is 2.67. The van der Waals surface area contributed by atoms with Gasteiger partial charge in [0.05, 0.1) is 12.8 Å². The molecule has 0 atom stereocenters. The molecule has 0 bridgehead atoms. The summed E-state index contributed by atoms with van der Waals surface area (Å²) in [6.45, 7) is 3.74. The molecule has 0 spiro atoms. The molecule has 2 rings (SSSR count). The number of benzene rings is 1. The van der Waals surface area contributed by atoms with Gasteiger partial charge in [-0.2, -0.15) is 0 Å². The highest BCUT2D eigenvalue weighted by molar-refractivity contribution is 6.01. The maximum atomic E-state index is 11.9. The SMILES string of the molecule is COc1ccc(C)cc1NC(=O)N=C1CCNCC1. The molecule has 0 aromatic heterocycles. The number of carbonyl (C=O) groups is 1. The smallest absolute Gasteiger partial charge is 0.345 e. The summed E-state index contributed by atoms with van der Waals surface area (Å²) < 4.78 is 5.22. The number of ether oxygens (including phenoxy) is 1. The molecule has 2 amide bonds. The minimum absolute atomic E-state index is 0.333. The van der Waals surface area contributed by atoms with Crippen molar-refractivity contribution >= 4 is 17.4 Å². The number of aliphatic imine (C=N–C) groups is 1. The lowest BCUT2D eigenvalue weighted by Gasteiger charge is -2.14. The van der Waals surface area contributed by atoms with Crippen LogP contribution in [0.3, 0.4) is 0 Å². The monoisotopic (exact) mass is 261 g/mol. The third-order valence-corrected chi connectivity index (χ3v) is 3.04. The molecule has 0 radical (unpaired) electrons. The van der Waals surface area contributed by atoms with E-state index in [1.165, 1.54) is 0 Å². The Kier molecular flexibility index (Phi) is 4.52. The first-order valence-corrected chi connectivity index (χ1v) is 6.42. The number of carbonyl (C=O) groups excluding carboxylic acids is 1. The van der Waals surface area contributed by atoms with Gasteiger partial charge in [-0.15, -0.1) is 0 Å². The number of urea groups is 1. The molecule has 1 aromatic rings. The van der Waals surface area contributed by atoms with Crippen LogP contribution in [-0.2, 0) is 0 Å². The number of hydrogen-bond acceptors (Lipinski definition) is 3. The third-order valence-electron chi connectivity index (χ3n) is 3.04. The number of hydrogen-bond donors (Lipinski definition) is 2. The van der Waals surface area contributed by atoms with Gasteiger partial charge in [0, 0.05) is 18.8 Å². The van der Waals surface area contributed by atoms with Crippen LogP contribution in [0.2, 0.25) is 0 Å². The van der Waals surface area contributed by atoms with Gasteiger partial charge in [-0.1, -0.05) is 6.07 Å². The van der Waals surface area contributed by atoms with Crippen LogP contribution < -0.4 is 15.4 Å². The molecule has 0 unspecified atom stereocenters. The van der Waals surface area contributed by atoms with Crippen molar-refractivity contribution in [1.82, 2.24) is 5.32 Å². The number of aryl methyl sites for hydroxylation is 1. The van der Waals surface area contributed by atoms with Crippen molar-refractivity contribution in [2.24, 2.45) is 4.99 Å². The van der Waals surface area contributed by atoms with E-state index in [4.69, 9.17) is 4.74 Å². The average molecular weight is 261 g/mol. The summed E-state index contributed by atoms with van der Waals surface area (Å²) in [7, 11) is 1.58. The Bertz CT molecular complexity index is 489. The van der Waals surface area contributed by atoms with Crippen LogP contribution in [0.4, 0.5) is 10.5 Å². The summed E-state index contributed by atoms with van der Waals surface area (Å²) in [6.07, 6.45) is 1.66. The summed E-state index contributed by atoms with van der Waals surface area (Å²) in [4.78, 5) is 16.0. The molecular weight excluding hydrogens is 242 g/mol. The predicted molar refractivity (Wildman–Crippen MR) is 76.3 cm³/mol. The number of amides is 2. The molecule has 1 saturated heterocycles. The first kappa shape index (κ1) is 13.5. The number of anilines is 1. The van der Waals surface area contributed by atoms with Crippen molar-refractivity contribution in [3.8, 4) is 5.75 Å². The largest absolute Gasteiger partial charge is 0.495 e. The van der Waals surface area contributed by atoms with Gasteiger partial charge in [-0.05, 0) is 37.5 Å². The zero-order chi connectivity index (χ0) is 13.7. The van der Waals surface area contributed by atoms with Crippen LogP contribution in [-0.4, -0.2) is 31.9 Å². The molecule has 1 aromatic carbocycles. The van der Waals surface area contributed by atoms with Crippen LogP contribution in [0.5, 0.6) is 5.75 Å². The van der Waals surface area contributed by atoms with E-state index in [9.17, 15) is 4.79 Å². The second-order valence-corrected chi connectivity index (χ2v) is 4.56. The zero-order valence-corrected chi connectivity index (χ0v) is 11.3. The van der Waals surface area contributed by atoms with E-state index in [1.807, 2.05) is 25.1 Å². The molecule has 2 N–H and O–H groups in total. The fraction of sp³-hybridized carbons (Fsp3) is 0.429. The molecule has 1 aliphatic heterocycles. The lowest BCUT2D eigenvalue weighted by atomic mass is 10.1. The predicted octanol–water partition coefficient (Wildman–Crippen LogP) is 2.36. The Morgan fingerprint density at radius 1 is 1.37 bits per heavy atom. The minimum atomic E-state index is -0.333. The molecular formula is C14H19N3O2. The van der Waals surface area contributed by atoms with E-state index in [2.05, 4.69) is 15.6 Å². The maximum Gasteiger partial charge on any atom is 0.345 e. The summed E-state index contributed by atoms with van der Waals surface area (Å²) in [6, 6.07) is 5.32. The van der Waals surface area contributed by atoms with Crippen LogP contribution in [0.25, 0.3) is 0 Å². The fourth-order valence-corrected chi connectivity index (χ4v) is 2.03. The van der Waals surface area contributed by atoms with Crippen LogP contribution >= 0.6 is 0 Å². The highest BCUT2D eigenvalue weighted by Gasteiger charge is 2.10. The lowest BCUT2D eigenvalue weighted by Crippen LogP contribution is -2.28. The van der Waals surface area contributed by atoms with Crippen LogP contribution in [0.15, 0.2) is 23.2 Å². The molecule has 19 heavy (non-hydrogen) atoms. The van der Waals surface area contributed by atoms with Crippen molar-refractivity contribution in [2.75, 3.05) is 25.5 Å². The van der Waals surface area contributed by atoms with E-state index in [0.717, 1.165) is 37.2 Å². The second kappa shape index (κ2) is 6.33. The Labute approximate surface area is 113 Å². The quantitative estimate of drug-likeness (QED) is 0.859. The molecule has 1 aliphatic rings. The molecule has 0 saturated carbocycles. The first-order valence-electron chi connectivity index (χ1n) is 6.42. The van der Waals surface area contributed by atoms with Crippen LogP contribution in [0.1, 0.15) is 18.4 Å². The number of nitrogens with one attached hydrogen (secondary N) is 2. The Hall–Kier alpha value is -1.88. The zero-order valence-electron chi connectivity index (χ0n) is 11.3. The topological polar surface area (TPSA) is 62.7 Å². The van der Waals surface area contributed by atoms with E-state index in [-0.39, 0.29) is 6.03 Å². The highest BCUT2D eigenvalue weighted by atomic mass is 16.5.